The summed E-state index contributed by atoms with van der Waals surface area (Å²) >= 11 is 0. The molecule has 0 bridgehead atoms. The third kappa shape index (κ3) is 4.20. The molecule has 0 fully saturated rings. The molecule has 0 radical (unpaired) electrons. The number of carbonyl (C=O) groups is 1. The number of aliphatic hydroxyl groups is 1. The Morgan fingerprint density at radius 3 is 2.59 bits per heavy atom. The lowest BCUT2D eigenvalue weighted by Gasteiger charge is -2.13. The van der Waals surface area contributed by atoms with E-state index in [1.54, 1.807) is 42.2 Å². The molecule has 1 unspecified atom stereocenters. The van der Waals surface area contributed by atoms with Crippen LogP contribution < -0.4 is 5.32 Å². The molecule has 7 heteroatoms. The van der Waals surface area contributed by atoms with Gasteiger partial charge in [-0.25, -0.2) is 14.4 Å². The minimum absolute atomic E-state index is 0.102. The molecule has 0 aliphatic heterocycles. The molecule has 3 rings (SSSR count). The first-order chi connectivity index (χ1) is 13.0. The summed E-state index contributed by atoms with van der Waals surface area (Å²) in [5.74, 6) is -0.157. The third-order valence-electron chi connectivity index (χ3n) is 4.35. The van der Waals surface area contributed by atoms with Gasteiger partial charge in [0.2, 0.25) is 0 Å². The highest BCUT2D eigenvalue weighted by atomic mass is 19.1. The number of carbonyl (C=O) groups excluding carboxylic acids is 1. The van der Waals surface area contributed by atoms with Crippen molar-refractivity contribution in [3.63, 3.8) is 0 Å². The van der Waals surface area contributed by atoms with Gasteiger partial charge < -0.3 is 15.0 Å². The second-order valence-electron chi connectivity index (χ2n) is 6.29. The molecule has 0 saturated carbocycles. The second-order valence-corrected chi connectivity index (χ2v) is 6.29. The lowest BCUT2D eigenvalue weighted by Crippen LogP contribution is -2.37. The Morgan fingerprint density at radius 2 is 1.96 bits per heavy atom. The molecule has 0 saturated heterocycles. The van der Waals surface area contributed by atoms with Crippen LogP contribution in [0.5, 0.6) is 0 Å². The lowest BCUT2D eigenvalue weighted by molar-refractivity contribution is 0.0906. The van der Waals surface area contributed by atoms with Crippen LogP contribution in [0.4, 0.5) is 4.39 Å². The molecule has 1 aromatic carbocycles. The molecule has 0 spiro atoms. The van der Waals surface area contributed by atoms with Crippen LogP contribution in [0.25, 0.3) is 22.5 Å². The standard InChI is InChI=1S/C20H21FN4O2/c1-3-17(12-26)24-20(27)18-8-14(11-25(18)2)15-9-22-19(23-10-15)13-5-4-6-16(21)7-13/h4-11,17,26H,3,12H2,1-2H3,(H,24,27). The fraction of sp³-hybridized carbons (Fsp3) is 0.250. The van der Waals surface area contributed by atoms with Gasteiger partial charge in [0.05, 0.1) is 12.6 Å². The number of aryl methyl sites for hydroxylation is 1. The van der Waals surface area contributed by atoms with Gasteiger partial charge in [-0.05, 0) is 24.6 Å². The van der Waals surface area contributed by atoms with Gasteiger partial charge in [-0.1, -0.05) is 19.1 Å². The normalized spacial score (nSPS) is 12.0. The predicted octanol–water partition coefficient (Wildman–Crippen LogP) is 2.79. The Labute approximate surface area is 156 Å². The second kappa shape index (κ2) is 8.09. The first-order valence-electron chi connectivity index (χ1n) is 8.68. The van der Waals surface area contributed by atoms with Crippen LogP contribution in [0.1, 0.15) is 23.8 Å². The molecular formula is C20H21FN4O2. The van der Waals surface area contributed by atoms with Crippen LogP contribution in [0.2, 0.25) is 0 Å². The smallest absolute Gasteiger partial charge is 0.268 e. The van der Waals surface area contributed by atoms with Crippen LogP contribution >= 0.6 is 0 Å². The van der Waals surface area contributed by atoms with Crippen molar-refractivity contribution in [2.75, 3.05) is 6.61 Å². The van der Waals surface area contributed by atoms with Gasteiger partial charge in [-0.2, -0.15) is 0 Å². The summed E-state index contributed by atoms with van der Waals surface area (Å²) in [7, 11) is 1.78. The first-order valence-corrected chi connectivity index (χ1v) is 8.68. The van der Waals surface area contributed by atoms with Crippen LogP contribution in [0.15, 0.2) is 48.9 Å². The molecular weight excluding hydrogens is 347 g/mol. The molecule has 2 aromatic heterocycles. The highest BCUT2D eigenvalue weighted by Gasteiger charge is 2.16. The molecule has 140 valence electrons. The van der Waals surface area contributed by atoms with Crippen molar-refractivity contribution < 1.29 is 14.3 Å². The van der Waals surface area contributed by atoms with E-state index in [2.05, 4.69) is 15.3 Å². The van der Waals surface area contributed by atoms with E-state index in [1.807, 2.05) is 13.1 Å². The fourth-order valence-corrected chi connectivity index (χ4v) is 2.74. The van der Waals surface area contributed by atoms with Crippen molar-refractivity contribution in [2.45, 2.75) is 19.4 Å². The number of aliphatic hydroxyl groups excluding tert-OH is 1. The summed E-state index contributed by atoms with van der Waals surface area (Å²) in [6.07, 6.45) is 5.75. The number of benzene rings is 1. The van der Waals surface area contributed by atoms with E-state index in [-0.39, 0.29) is 24.4 Å². The minimum Gasteiger partial charge on any atom is -0.394 e. The Bertz CT molecular complexity index is 933. The van der Waals surface area contributed by atoms with E-state index in [1.165, 1.54) is 12.1 Å². The summed E-state index contributed by atoms with van der Waals surface area (Å²) in [6, 6.07) is 7.58. The third-order valence-corrected chi connectivity index (χ3v) is 4.35. The molecule has 0 aliphatic rings. The number of nitrogens with zero attached hydrogens (tertiary/aromatic N) is 3. The van der Waals surface area contributed by atoms with E-state index in [0.29, 0.717) is 23.5 Å². The fourth-order valence-electron chi connectivity index (χ4n) is 2.74. The Balaban J connectivity index is 1.82. The average molecular weight is 368 g/mol. The lowest BCUT2D eigenvalue weighted by atomic mass is 10.1. The van der Waals surface area contributed by atoms with E-state index in [9.17, 15) is 14.3 Å². The van der Waals surface area contributed by atoms with Crippen molar-refractivity contribution in [1.82, 2.24) is 19.9 Å². The molecule has 0 aliphatic carbocycles. The topological polar surface area (TPSA) is 80.0 Å². The van der Waals surface area contributed by atoms with Crippen molar-refractivity contribution in [3.05, 3.63) is 60.4 Å². The van der Waals surface area contributed by atoms with Gasteiger partial charge >= 0.3 is 0 Å². The maximum atomic E-state index is 13.3. The van der Waals surface area contributed by atoms with E-state index in [0.717, 1.165) is 11.1 Å². The van der Waals surface area contributed by atoms with E-state index < -0.39 is 0 Å². The zero-order valence-corrected chi connectivity index (χ0v) is 15.2. The Hall–Kier alpha value is -3.06. The minimum atomic E-state index is -0.341. The molecule has 27 heavy (non-hydrogen) atoms. The zero-order chi connectivity index (χ0) is 19.4. The van der Waals surface area contributed by atoms with Crippen molar-refractivity contribution in [2.24, 2.45) is 7.05 Å². The predicted molar refractivity (Wildman–Crippen MR) is 100 cm³/mol. The number of rotatable bonds is 6. The van der Waals surface area contributed by atoms with Gasteiger partial charge in [0.15, 0.2) is 5.82 Å². The van der Waals surface area contributed by atoms with Crippen LogP contribution in [0.3, 0.4) is 0 Å². The van der Waals surface area contributed by atoms with Crippen LogP contribution in [-0.4, -0.2) is 38.2 Å². The largest absolute Gasteiger partial charge is 0.394 e. The number of nitrogens with one attached hydrogen (secondary N) is 1. The highest BCUT2D eigenvalue weighted by Crippen LogP contribution is 2.23. The maximum Gasteiger partial charge on any atom is 0.268 e. The van der Waals surface area contributed by atoms with Crippen LogP contribution in [0, 0.1) is 5.82 Å². The number of amides is 1. The average Bonchev–Trinajstić information content (AvgIpc) is 3.08. The molecule has 6 nitrogen and oxygen atoms in total. The summed E-state index contributed by atoms with van der Waals surface area (Å²) in [6.45, 7) is 1.80. The first kappa shape index (κ1) is 18.7. The van der Waals surface area contributed by atoms with E-state index in [4.69, 9.17) is 0 Å². The van der Waals surface area contributed by atoms with Crippen molar-refractivity contribution in [3.8, 4) is 22.5 Å². The number of hydrogen-bond donors (Lipinski definition) is 2. The Morgan fingerprint density at radius 1 is 1.22 bits per heavy atom. The summed E-state index contributed by atoms with van der Waals surface area (Å²) < 4.78 is 15.1. The maximum absolute atomic E-state index is 13.3. The molecule has 1 atom stereocenters. The molecule has 2 N–H and O–H groups in total. The molecule has 2 heterocycles. The zero-order valence-electron chi connectivity index (χ0n) is 15.2. The highest BCUT2D eigenvalue weighted by molar-refractivity contribution is 5.94. The van der Waals surface area contributed by atoms with Gasteiger partial charge in [-0.3, -0.25) is 4.79 Å². The number of hydrogen-bond acceptors (Lipinski definition) is 4. The van der Waals surface area contributed by atoms with E-state index >= 15 is 0 Å². The van der Waals surface area contributed by atoms with Crippen molar-refractivity contribution in [1.29, 1.82) is 0 Å². The van der Waals surface area contributed by atoms with Gasteiger partial charge in [-0.15, -0.1) is 0 Å². The van der Waals surface area contributed by atoms with Gasteiger partial charge in [0.25, 0.3) is 5.91 Å². The van der Waals surface area contributed by atoms with Crippen molar-refractivity contribution >= 4 is 5.91 Å². The van der Waals surface area contributed by atoms with Gasteiger partial charge in [0.1, 0.15) is 11.5 Å². The SMILES string of the molecule is CCC(CO)NC(=O)c1cc(-c2cnc(-c3cccc(F)c3)nc2)cn1C. The monoisotopic (exact) mass is 368 g/mol. The summed E-state index contributed by atoms with van der Waals surface area (Å²) in [4.78, 5) is 21.0. The molecule has 3 aromatic rings. The number of aromatic nitrogens is 3. The Kier molecular flexibility index (Phi) is 5.61. The quantitative estimate of drug-likeness (QED) is 0.701. The molecule has 1 amide bonds. The summed E-state index contributed by atoms with van der Waals surface area (Å²) in [5.41, 5.74) is 2.62. The van der Waals surface area contributed by atoms with Crippen LogP contribution in [-0.2, 0) is 7.05 Å². The summed E-state index contributed by atoms with van der Waals surface area (Å²) in [5, 5.41) is 12.0. The van der Waals surface area contributed by atoms with Gasteiger partial charge in [0, 0.05) is 42.3 Å². The number of halogens is 1.